The molecule has 0 aliphatic carbocycles. The number of nitrogens with zero attached hydrogens (tertiary/aromatic N) is 2. The molecule has 7 heteroatoms. The molecule has 1 aromatic carbocycles. The number of hydrogen-bond acceptors (Lipinski definition) is 4. The number of rotatable bonds is 3. The van der Waals surface area contributed by atoms with Crippen LogP contribution in [-0.2, 0) is 9.59 Å². The van der Waals surface area contributed by atoms with Crippen LogP contribution >= 0.6 is 11.6 Å². The molecule has 0 radical (unpaired) electrons. The van der Waals surface area contributed by atoms with Gasteiger partial charge in [-0.05, 0) is 30.3 Å². The third kappa shape index (κ3) is 3.27. The minimum Gasteiger partial charge on any atom is -0.504 e. The smallest absolute Gasteiger partial charge is 0.231 e. The van der Waals surface area contributed by atoms with Crippen molar-refractivity contribution in [2.45, 2.75) is 6.42 Å². The second kappa shape index (κ2) is 6.26. The Morgan fingerprint density at radius 3 is 2.91 bits per heavy atom. The van der Waals surface area contributed by atoms with Crippen molar-refractivity contribution in [2.24, 2.45) is 5.92 Å². The van der Waals surface area contributed by atoms with Crippen molar-refractivity contribution in [3.8, 4) is 5.75 Å². The lowest BCUT2D eigenvalue weighted by Gasteiger charge is -2.17. The molecule has 1 saturated heterocycles. The van der Waals surface area contributed by atoms with Crippen LogP contribution in [0.4, 0.5) is 11.5 Å². The van der Waals surface area contributed by atoms with Crippen LogP contribution in [0, 0.1) is 5.92 Å². The predicted molar refractivity (Wildman–Crippen MR) is 86.4 cm³/mol. The summed E-state index contributed by atoms with van der Waals surface area (Å²) < 4.78 is 0. The minimum absolute atomic E-state index is 0.0890. The number of carbonyl (C=O) groups excluding carboxylic acids is 2. The van der Waals surface area contributed by atoms with Crippen molar-refractivity contribution in [3.63, 3.8) is 0 Å². The molecule has 6 nitrogen and oxygen atoms in total. The van der Waals surface area contributed by atoms with Crippen LogP contribution in [-0.4, -0.2) is 28.4 Å². The Hall–Kier alpha value is -2.60. The molecule has 23 heavy (non-hydrogen) atoms. The zero-order chi connectivity index (χ0) is 16.4. The number of aromatic nitrogens is 1. The monoisotopic (exact) mass is 331 g/mol. The summed E-state index contributed by atoms with van der Waals surface area (Å²) in [6.45, 7) is 0.263. The van der Waals surface area contributed by atoms with E-state index in [-0.39, 0.29) is 36.3 Å². The number of aromatic hydroxyl groups is 1. The topological polar surface area (TPSA) is 82.5 Å². The van der Waals surface area contributed by atoms with Gasteiger partial charge in [-0.25, -0.2) is 4.98 Å². The van der Waals surface area contributed by atoms with Crippen molar-refractivity contribution >= 4 is 34.9 Å². The quantitative estimate of drug-likeness (QED) is 0.905. The zero-order valence-electron chi connectivity index (χ0n) is 12.1. The van der Waals surface area contributed by atoms with Gasteiger partial charge in [0, 0.05) is 29.9 Å². The highest BCUT2D eigenvalue weighted by atomic mass is 35.5. The number of halogens is 1. The number of hydrogen-bond donors (Lipinski definition) is 2. The van der Waals surface area contributed by atoms with Crippen LogP contribution < -0.4 is 10.2 Å². The second-order valence-electron chi connectivity index (χ2n) is 5.25. The van der Waals surface area contributed by atoms with Crippen molar-refractivity contribution in [1.82, 2.24) is 4.98 Å². The van der Waals surface area contributed by atoms with E-state index in [0.717, 1.165) is 0 Å². The van der Waals surface area contributed by atoms with E-state index in [9.17, 15) is 14.7 Å². The molecule has 1 atom stereocenters. The summed E-state index contributed by atoms with van der Waals surface area (Å²) in [6, 6.07) is 9.93. The fraction of sp³-hybridized carbons (Fsp3) is 0.188. The first-order valence-electron chi connectivity index (χ1n) is 7.05. The van der Waals surface area contributed by atoms with Crippen LogP contribution in [0.15, 0.2) is 42.6 Å². The lowest BCUT2D eigenvalue weighted by Crippen LogP contribution is -2.28. The number of pyridine rings is 1. The number of carbonyl (C=O) groups is 2. The fourth-order valence-corrected chi connectivity index (χ4v) is 2.67. The first-order chi connectivity index (χ1) is 11.0. The highest BCUT2D eigenvalue weighted by Crippen LogP contribution is 2.28. The Bertz CT molecular complexity index is 766. The summed E-state index contributed by atoms with van der Waals surface area (Å²) in [5, 5.41) is 12.7. The number of amides is 2. The molecule has 1 fully saturated rings. The van der Waals surface area contributed by atoms with Gasteiger partial charge in [0.25, 0.3) is 0 Å². The highest BCUT2D eigenvalue weighted by Gasteiger charge is 2.35. The Labute approximate surface area is 137 Å². The second-order valence-corrected chi connectivity index (χ2v) is 5.68. The molecular formula is C16H14ClN3O3. The largest absolute Gasteiger partial charge is 0.504 e. The molecule has 2 aromatic rings. The van der Waals surface area contributed by atoms with Gasteiger partial charge in [0.05, 0.1) is 5.92 Å². The molecule has 2 heterocycles. The summed E-state index contributed by atoms with van der Waals surface area (Å²) in [7, 11) is 0. The summed E-state index contributed by atoms with van der Waals surface area (Å²) in [5.41, 5.74) is 0.665. The third-order valence-electron chi connectivity index (χ3n) is 3.64. The molecule has 1 aliphatic heterocycles. The van der Waals surface area contributed by atoms with E-state index in [1.165, 1.54) is 17.2 Å². The van der Waals surface area contributed by atoms with Gasteiger partial charge in [0.1, 0.15) is 0 Å². The van der Waals surface area contributed by atoms with Crippen LogP contribution in [0.1, 0.15) is 6.42 Å². The molecule has 0 saturated carbocycles. The standard InChI is InChI=1S/C16H14ClN3O3/c17-11-3-1-4-12(8-11)20-9-10(7-14(20)22)16(23)19-15-13(21)5-2-6-18-15/h1-6,8,10,21H,7,9H2,(H,18,19,23)/t10-/m1/s1. The van der Waals surface area contributed by atoms with E-state index in [2.05, 4.69) is 10.3 Å². The number of anilines is 2. The Kier molecular flexibility index (Phi) is 4.16. The molecule has 1 aromatic heterocycles. The van der Waals surface area contributed by atoms with E-state index in [1.54, 1.807) is 30.3 Å². The first kappa shape index (κ1) is 15.3. The van der Waals surface area contributed by atoms with Crippen molar-refractivity contribution in [1.29, 1.82) is 0 Å². The summed E-state index contributed by atoms with van der Waals surface area (Å²) in [6.07, 6.45) is 1.57. The fourth-order valence-electron chi connectivity index (χ4n) is 2.49. The number of nitrogens with one attached hydrogen (secondary N) is 1. The Morgan fingerprint density at radius 1 is 1.35 bits per heavy atom. The van der Waals surface area contributed by atoms with Crippen molar-refractivity contribution < 1.29 is 14.7 Å². The predicted octanol–water partition coefficient (Wildman–Crippen LogP) is 2.43. The Morgan fingerprint density at radius 2 is 2.17 bits per heavy atom. The first-order valence-corrected chi connectivity index (χ1v) is 7.43. The molecule has 2 N–H and O–H groups in total. The molecule has 2 amide bonds. The molecule has 0 unspecified atom stereocenters. The summed E-state index contributed by atoms with van der Waals surface area (Å²) >= 11 is 5.94. The minimum atomic E-state index is -0.511. The molecule has 1 aliphatic rings. The van der Waals surface area contributed by atoms with Gasteiger partial charge in [-0.3, -0.25) is 9.59 Å². The summed E-state index contributed by atoms with van der Waals surface area (Å²) in [5.74, 6) is -1.03. The average molecular weight is 332 g/mol. The lowest BCUT2D eigenvalue weighted by atomic mass is 10.1. The molecule has 3 rings (SSSR count). The van der Waals surface area contributed by atoms with Gasteiger partial charge in [0.15, 0.2) is 11.6 Å². The van der Waals surface area contributed by atoms with Gasteiger partial charge >= 0.3 is 0 Å². The van der Waals surface area contributed by atoms with E-state index < -0.39 is 5.92 Å². The van der Waals surface area contributed by atoms with Crippen molar-refractivity contribution in [2.75, 3.05) is 16.8 Å². The SMILES string of the molecule is O=C(Nc1ncccc1O)[C@@H]1CC(=O)N(c2cccc(Cl)c2)C1. The van der Waals surface area contributed by atoms with Crippen molar-refractivity contribution in [3.05, 3.63) is 47.6 Å². The van der Waals surface area contributed by atoms with Gasteiger partial charge in [0.2, 0.25) is 11.8 Å². The zero-order valence-corrected chi connectivity index (χ0v) is 12.8. The Balaban J connectivity index is 1.72. The van der Waals surface area contributed by atoms with Gasteiger partial charge in [-0.15, -0.1) is 0 Å². The van der Waals surface area contributed by atoms with E-state index >= 15 is 0 Å². The maximum Gasteiger partial charge on any atom is 0.231 e. The number of benzene rings is 1. The normalized spacial score (nSPS) is 17.3. The maximum absolute atomic E-state index is 12.3. The maximum atomic E-state index is 12.3. The van der Waals surface area contributed by atoms with Crippen LogP contribution in [0.2, 0.25) is 5.02 Å². The van der Waals surface area contributed by atoms with Crippen LogP contribution in [0.3, 0.4) is 0 Å². The van der Waals surface area contributed by atoms with Crippen LogP contribution in [0.5, 0.6) is 5.75 Å². The van der Waals surface area contributed by atoms with E-state index in [1.807, 2.05) is 0 Å². The van der Waals surface area contributed by atoms with Crippen LogP contribution in [0.25, 0.3) is 0 Å². The highest BCUT2D eigenvalue weighted by molar-refractivity contribution is 6.31. The van der Waals surface area contributed by atoms with Gasteiger partial charge in [-0.2, -0.15) is 0 Å². The summed E-state index contributed by atoms with van der Waals surface area (Å²) in [4.78, 5) is 29.9. The average Bonchev–Trinajstić information content (AvgIpc) is 2.92. The molecular weight excluding hydrogens is 318 g/mol. The lowest BCUT2D eigenvalue weighted by molar-refractivity contribution is -0.122. The van der Waals surface area contributed by atoms with Gasteiger partial charge in [-0.1, -0.05) is 17.7 Å². The van der Waals surface area contributed by atoms with Gasteiger partial charge < -0.3 is 15.3 Å². The van der Waals surface area contributed by atoms with E-state index in [0.29, 0.717) is 10.7 Å². The molecule has 118 valence electrons. The third-order valence-corrected chi connectivity index (χ3v) is 3.88. The molecule has 0 bridgehead atoms. The molecule has 0 spiro atoms. The van der Waals surface area contributed by atoms with E-state index in [4.69, 9.17) is 11.6 Å².